The fourth-order valence-electron chi connectivity index (χ4n) is 2.37. The number of hydrogen-bond donors (Lipinski definition) is 2. The Kier molecular flexibility index (Phi) is 3.97. The molecule has 0 aromatic heterocycles. The fraction of sp³-hybridized carbons (Fsp3) is 0.571. The van der Waals surface area contributed by atoms with Gasteiger partial charge in [-0.15, -0.1) is 0 Å². The quantitative estimate of drug-likeness (QED) is 0.817. The molecule has 0 saturated heterocycles. The van der Waals surface area contributed by atoms with E-state index in [4.69, 9.17) is 5.73 Å². The molecule has 0 aliphatic heterocycles. The fourth-order valence-corrected chi connectivity index (χ4v) is 2.37. The SMILES string of the molecule is Cc1ccc(CN[C@@H]2CCCC[C@@H]2N)cc1. The van der Waals surface area contributed by atoms with E-state index in [1.54, 1.807) is 0 Å². The number of nitrogens with two attached hydrogens (primary N) is 1. The number of benzene rings is 1. The summed E-state index contributed by atoms with van der Waals surface area (Å²) in [5.74, 6) is 0. The van der Waals surface area contributed by atoms with Gasteiger partial charge in [-0.05, 0) is 25.3 Å². The van der Waals surface area contributed by atoms with Gasteiger partial charge in [-0.2, -0.15) is 0 Å². The minimum absolute atomic E-state index is 0.346. The van der Waals surface area contributed by atoms with Gasteiger partial charge in [-0.1, -0.05) is 42.7 Å². The lowest BCUT2D eigenvalue weighted by Crippen LogP contribution is -2.46. The minimum Gasteiger partial charge on any atom is -0.326 e. The molecule has 2 atom stereocenters. The van der Waals surface area contributed by atoms with Gasteiger partial charge in [0.25, 0.3) is 0 Å². The largest absolute Gasteiger partial charge is 0.326 e. The van der Waals surface area contributed by atoms with Crippen LogP contribution in [0, 0.1) is 6.92 Å². The molecule has 0 spiro atoms. The Labute approximate surface area is 98.2 Å². The molecule has 1 aliphatic carbocycles. The van der Waals surface area contributed by atoms with Crippen molar-refractivity contribution in [3.05, 3.63) is 35.4 Å². The van der Waals surface area contributed by atoms with Gasteiger partial charge in [-0.3, -0.25) is 0 Å². The Morgan fingerprint density at radius 3 is 2.56 bits per heavy atom. The molecule has 0 amide bonds. The highest BCUT2D eigenvalue weighted by atomic mass is 15.0. The summed E-state index contributed by atoms with van der Waals surface area (Å²) in [5, 5.41) is 3.58. The van der Waals surface area contributed by atoms with E-state index < -0.39 is 0 Å². The zero-order valence-corrected chi connectivity index (χ0v) is 10.1. The van der Waals surface area contributed by atoms with E-state index in [9.17, 15) is 0 Å². The predicted octanol–water partition coefficient (Wildman–Crippen LogP) is 2.35. The summed E-state index contributed by atoms with van der Waals surface area (Å²) in [7, 11) is 0. The number of hydrogen-bond acceptors (Lipinski definition) is 2. The van der Waals surface area contributed by atoms with Crippen molar-refractivity contribution in [1.29, 1.82) is 0 Å². The van der Waals surface area contributed by atoms with Crippen molar-refractivity contribution in [2.24, 2.45) is 5.73 Å². The van der Waals surface area contributed by atoms with Crippen LogP contribution in [0.2, 0.25) is 0 Å². The van der Waals surface area contributed by atoms with Crippen LogP contribution in [0.1, 0.15) is 36.8 Å². The summed E-state index contributed by atoms with van der Waals surface area (Å²) in [6.07, 6.45) is 5.02. The van der Waals surface area contributed by atoms with Crippen molar-refractivity contribution in [1.82, 2.24) is 5.32 Å². The normalized spacial score (nSPS) is 25.6. The van der Waals surface area contributed by atoms with Crippen molar-refractivity contribution in [2.75, 3.05) is 0 Å². The maximum atomic E-state index is 6.10. The summed E-state index contributed by atoms with van der Waals surface area (Å²) in [5.41, 5.74) is 8.77. The lowest BCUT2D eigenvalue weighted by molar-refractivity contribution is 0.326. The number of nitrogens with one attached hydrogen (secondary N) is 1. The van der Waals surface area contributed by atoms with Crippen molar-refractivity contribution in [3.63, 3.8) is 0 Å². The molecule has 1 fully saturated rings. The van der Waals surface area contributed by atoms with Crippen LogP contribution in [0.3, 0.4) is 0 Å². The average Bonchev–Trinajstić information content (AvgIpc) is 2.30. The molecule has 0 heterocycles. The highest BCUT2D eigenvalue weighted by Gasteiger charge is 2.20. The lowest BCUT2D eigenvalue weighted by atomic mass is 9.91. The Bertz CT molecular complexity index is 318. The van der Waals surface area contributed by atoms with Crippen LogP contribution in [0.5, 0.6) is 0 Å². The monoisotopic (exact) mass is 218 g/mol. The highest BCUT2D eigenvalue weighted by molar-refractivity contribution is 5.21. The van der Waals surface area contributed by atoms with Gasteiger partial charge >= 0.3 is 0 Å². The van der Waals surface area contributed by atoms with Crippen LogP contribution in [-0.4, -0.2) is 12.1 Å². The van der Waals surface area contributed by atoms with E-state index in [1.807, 2.05) is 0 Å². The molecule has 88 valence electrons. The molecule has 2 heteroatoms. The summed E-state index contributed by atoms with van der Waals surface area (Å²) < 4.78 is 0. The van der Waals surface area contributed by atoms with E-state index in [-0.39, 0.29) is 0 Å². The summed E-state index contributed by atoms with van der Waals surface area (Å²) >= 11 is 0. The van der Waals surface area contributed by atoms with Crippen LogP contribution in [0.4, 0.5) is 0 Å². The molecule has 2 rings (SSSR count). The molecule has 0 bridgehead atoms. The highest BCUT2D eigenvalue weighted by Crippen LogP contribution is 2.17. The summed E-state index contributed by atoms with van der Waals surface area (Å²) in [4.78, 5) is 0. The zero-order valence-electron chi connectivity index (χ0n) is 10.1. The molecule has 0 radical (unpaired) electrons. The third kappa shape index (κ3) is 3.06. The van der Waals surface area contributed by atoms with Crippen molar-refractivity contribution in [3.8, 4) is 0 Å². The van der Waals surface area contributed by atoms with Crippen LogP contribution >= 0.6 is 0 Å². The number of rotatable bonds is 3. The second kappa shape index (κ2) is 5.46. The maximum absolute atomic E-state index is 6.10. The smallest absolute Gasteiger partial charge is 0.0222 e. The summed E-state index contributed by atoms with van der Waals surface area (Å²) in [6, 6.07) is 9.57. The van der Waals surface area contributed by atoms with E-state index in [1.165, 1.54) is 36.8 Å². The standard InChI is InChI=1S/C14H22N2/c1-11-6-8-12(9-7-11)10-16-14-5-3-2-4-13(14)15/h6-9,13-14,16H,2-5,10,15H2,1H3/t13-,14+/m0/s1. The van der Waals surface area contributed by atoms with Gasteiger partial charge in [0.1, 0.15) is 0 Å². The molecule has 1 aliphatic rings. The second-order valence-electron chi connectivity index (χ2n) is 4.92. The Morgan fingerprint density at radius 2 is 1.88 bits per heavy atom. The van der Waals surface area contributed by atoms with E-state index in [0.29, 0.717) is 12.1 Å². The van der Waals surface area contributed by atoms with E-state index >= 15 is 0 Å². The predicted molar refractivity (Wildman–Crippen MR) is 68.3 cm³/mol. The Morgan fingerprint density at radius 1 is 1.19 bits per heavy atom. The molecular formula is C14H22N2. The topological polar surface area (TPSA) is 38.0 Å². The summed E-state index contributed by atoms with van der Waals surface area (Å²) in [6.45, 7) is 3.06. The van der Waals surface area contributed by atoms with Gasteiger partial charge in [0.15, 0.2) is 0 Å². The number of aryl methyl sites for hydroxylation is 1. The average molecular weight is 218 g/mol. The first kappa shape index (κ1) is 11.6. The van der Waals surface area contributed by atoms with Gasteiger partial charge in [-0.25, -0.2) is 0 Å². The first-order valence-corrected chi connectivity index (χ1v) is 6.30. The molecule has 1 aromatic carbocycles. The molecular weight excluding hydrogens is 196 g/mol. The molecule has 1 saturated carbocycles. The zero-order chi connectivity index (χ0) is 11.4. The molecule has 16 heavy (non-hydrogen) atoms. The Hall–Kier alpha value is -0.860. The maximum Gasteiger partial charge on any atom is 0.0222 e. The van der Waals surface area contributed by atoms with Crippen molar-refractivity contribution in [2.45, 2.75) is 51.2 Å². The van der Waals surface area contributed by atoms with Crippen molar-refractivity contribution >= 4 is 0 Å². The van der Waals surface area contributed by atoms with Crippen LogP contribution in [-0.2, 0) is 6.54 Å². The van der Waals surface area contributed by atoms with Gasteiger partial charge in [0.05, 0.1) is 0 Å². The lowest BCUT2D eigenvalue weighted by Gasteiger charge is -2.29. The molecule has 3 N–H and O–H groups in total. The first-order valence-electron chi connectivity index (χ1n) is 6.30. The van der Waals surface area contributed by atoms with E-state index in [0.717, 1.165) is 6.54 Å². The Balaban J connectivity index is 1.84. The first-order chi connectivity index (χ1) is 7.75. The van der Waals surface area contributed by atoms with Gasteiger partial charge in [0.2, 0.25) is 0 Å². The minimum atomic E-state index is 0.346. The third-order valence-corrected chi connectivity index (χ3v) is 3.51. The molecule has 2 nitrogen and oxygen atoms in total. The van der Waals surface area contributed by atoms with Crippen LogP contribution in [0.25, 0.3) is 0 Å². The van der Waals surface area contributed by atoms with Crippen LogP contribution < -0.4 is 11.1 Å². The van der Waals surface area contributed by atoms with E-state index in [2.05, 4.69) is 36.5 Å². The van der Waals surface area contributed by atoms with Crippen LogP contribution in [0.15, 0.2) is 24.3 Å². The van der Waals surface area contributed by atoms with Gasteiger partial charge in [0, 0.05) is 18.6 Å². The third-order valence-electron chi connectivity index (χ3n) is 3.51. The molecule has 1 aromatic rings. The van der Waals surface area contributed by atoms with Crippen molar-refractivity contribution < 1.29 is 0 Å². The second-order valence-corrected chi connectivity index (χ2v) is 4.92. The van der Waals surface area contributed by atoms with Gasteiger partial charge < -0.3 is 11.1 Å². The molecule has 0 unspecified atom stereocenters.